The average molecular weight is 261 g/mol. The van der Waals surface area contributed by atoms with Crippen LogP contribution in [0.15, 0.2) is 18.2 Å². The number of carbonyl (C=O) groups is 1. The summed E-state index contributed by atoms with van der Waals surface area (Å²) in [5.74, 6) is 0.982. The van der Waals surface area contributed by atoms with E-state index in [1.807, 2.05) is 6.92 Å². The quantitative estimate of drug-likeness (QED) is 0.840. The van der Waals surface area contributed by atoms with Crippen molar-refractivity contribution in [3.63, 3.8) is 0 Å². The van der Waals surface area contributed by atoms with Gasteiger partial charge in [-0.25, -0.2) is 0 Å². The molecular formula is C11H17ClN2O3. The van der Waals surface area contributed by atoms with Crippen LogP contribution in [0.25, 0.3) is 0 Å². The summed E-state index contributed by atoms with van der Waals surface area (Å²) < 4.78 is 10.4. The van der Waals surface area contributed by atoms with Gasteiger partial charge in [-0.2, -0.15) is 0 Å². The van der Waals surface area contributed by atoms with Gasteiger partial charge in [0.1, 0.15) is 11.5 Å². The van der Waals surface area contributed by atoms with Crippen molar-refractivity contribution in [3.8, 4) is 11.5 Å². The number of anilines is 1. The fourth-order valence-electron chi connectivity index (χ4n) is 1.22. The zero-order valence-electron chi connectivity index (χ0n) is 9.86. The molecule has 0 radical (unpaired) electrons. The van der Waals surface area contributed by atoms with Crippen LogP contribution in [-0.2, 0) is 4.79 Å². The third kappa shape index (κ3) is 4.50. The summed E-state index contributed by atoms with van der Waals surface area (Å²) in [5, 5.41) is 2.65. The number of methoxy groups -OCH3 is 1. The molecule has 6 heteroatoms. The van der Waals surface area contributed by atoms with Gasteiger partial charge in [-0.1, -0.05) is 0 Å². The van der Waals surface area contributed by atoms with Gasteiger partial charge in [-0.05, 0) is 19.1 Å². The first kappa shape index (κ1) is 15.5. The lowest BCUT2D eigenvalue weighted by molar-refractivity contribution is -0.114. The Labute approximate surface area is 107 Å². The Kier molecular flexibility index (Phi) is 7.09. The van der Waals surface area contributed by atoms with Crippen LogP contribution in [0.2, 0.25) is 0 Å². The summed E-state index contributed by atoms with van der Waals surface area (Å²) in [5.41, 5.74) is 5.80. The number of ether oxygens (including phenoxy) is 2. The molecule has 1 rings (SSSR count). The van der Waals surface area contributed by atoms with Gasteiger partial charge >= 0.3 is 0 Å². The molecule has 1 aromatic rings. The molecule has 96 valence electrons. The highest BCUT2D eigenvalue weighted by Gasteiger charge is 2.08. The van der Waals surface area contributed by atoms with Crippen LogP contribution in [0.1, 0.15) is 6.92 Å². The van der Waals surface area contributed by atoms with Crippen molar-refractivity contribution in [1.82, 2.24) is 0 Å². The van der Waals surface area contributed by atoms with E-state index in [1.54, 1.807) is 25.3 Å². The molecule has 0 atom stereocenters. The van der Waals surface area contributed by atoms with Gasteiger partial charge in [-0.15, -0.1) is 12.4 Å². The molecule has 0 bridgehead atoms. The highest BCUT2D eigenvalue weighted by Crippen LogP contribution is 2.29. The van der Waals surface area contributed by atoms with Crippen LogP contribution in [-0.4, -0.2) is 26.2 Å². The highest BCUT2D eigenvalue weighted by atomic mass is 35.5. The van der Waals surface area contributed by atoms with Crippen LogP contribution in [0.4, 0.5) is 5.69 Å². The Hall–Kier alpha value is -1.46. The van der Waals surface area contributed by atoms with Crippen molar-refractivity contribution < 1.29 is 14.3 Å². The van der Waals surface area contributed by atoms with E-state index in [0.717, 1.165) is 0 Å². The SMILES string of the molecule is CCOc1ccc(OC)cc1NC(=O)CN.Cl. The van der Waals surface area contributed by atoms with Crippen LogP contribution in [0.5, 0.6) is 11.5 Å². The molecule has 0 fully saturated rings. The molecule has 0 aliphatic heterocycles. The van der Waals surface area contributed by atoms with E-state index in [4.69, 9.17) is 15.2 Å². The number of rotatable bonds is 5. The first-order valence-electron chi connectivity index (χ1n) is 5.02. The van der Waals surface area contributed by atoms with E-state index in [0.29, 0.717) is 23.8 Å². The second-order valence-electron chi connectivity index (χ2n) is 3.05. The Morgan fingerprint density at radius 3 is 2.71 bits per heavy atom. The minimum absolute atomic E-state index is 0. The van der Waals surface area contributed by atoms with Crippen molar-refractivity contribution in [2.24, 2.45) is 5.73 Å². The predicted octanol–water partition coefficient (Wildman–Crippen LogP) is 1.41. The number of amides is 1. The fourth-order valence-corrected chi connectivity index (χ4v) is 1.22. The molecule has 1 amide bonds. The molecule has 0 saturated carbocycles. The second-order valence-corrected chi connectivity index (χ2v) is 3.05. The Bertz CT molecular complexity index is 372. The fraction of sp³-hybridized carbons (Fsp3) is 0.364. The molecule has 0 aliphatic carbocycles. The van der Waals surface area contributed by atoms with Crippen molar-refractivity contribution in [2.75, 3.05) is 25.6 Å². The van der Waals surface area contributed by atoms with E-state index in [-0.39, 0.29) is 24.9 Å². The molecule has 1 aromatic carbocycles. The standard InChI is InChI=1S/C11H16N2O3.ClH/c1-3-16-10-5-4-8(15-2)6-9(10)13-11(14)7-12;/h4-6H,3,7,12H2,1-2H3,(H,13,14);1H. The lowest BCUT2D eigenvalue weighted by atomic mass is 10.2. The number of nitrogens with two attached hydrogens (primary N) is 1. The largest absolute Gasteiger partial charge is 0.497 e. The maximum absolute atomic E-state index is 11.2. The lowest BCUT2D eigenvalue weighted by Gasteiger charge is -2.12. The second kappa shape index (κ2) is 7.76. The summed E-state index contributed by atoms with van der Waals surface area (Å²) in [6.45, 7) is 2.33. The molecule has 0 aliphatic rings. The van der Waals surface area contributed by atoms with Crippen molar-refractivity contribution >= 4 is 24.0 Å². The third-order valence-corrected chi connectivity index (χ3v) is 1.95. The number of halogens is 1. The Morgan fingerprint density at radius 1 is 1.47 bits per heavy atom. The molecule has 17 heavy (non-hydrogen) atoms. The third-order valence-electron chi connectivity index (χ3n) is 1.95. The van der Waals surface area contributed by atoms with Gasteiger partial charge in [0.2, 0.25) is 5.91 Å². The van der Waals surface area contributed by atoms with E-state index in [1.165, 1.54) is 0 Å². The van der Waals surface area contributed by atoms with Crippen molar-refractivity contribution in [1.29, 1.82) is 0 Å². The molecule has 0 spiro atoms. The van der Waals surface area contributed by atoms with Crippen LogP contribution in [0.3, 0.4) is 0 Å². The van der Waals surface area contributed by atoms with Gasteiger partial charge < -0.3 is 20.5 Å². The highest BCUT2D eigenvalue weighted by molar-refractivity contribution is 5.93. The normalized spacial score (nSPS) is 9.12. The number of nitrogens with one attached hydrogen (secondary N) is 1. The molecule has 0 heterocycles. The van der Waals surface area contributed by atoms with E-state index in [9.17, 15) is 4.79 Å². The molecule has 3 N–H and O–H groups in total. The van der Waals surface area contributed by atoms with Gasteiger partial charge in [-0.3, -0.25) is 4.79 Å². The van der Waals surface area contributed by atoms with Gasteiger partial charge in [0, 0.05) is 6.07 Å². The number of benzene rings is 1. The zero-order valence-corrected chi connectivity index (χ0v) is 10.7. The smallest absolute Gasteiger partial charge is 0.238 e. The summed E-state index contributed by atoms with van der Waals surface area (Å²) in [6, 6.07) is 5.20. The minimum Gasteiger partial charge on any atom is -0.497 e. The summed E-state index contributed by atoms with van der Waals surface area (Å²) >= 11 is 0. The van der Waals surface area contributed by atoms with Crippen molar-refractivity contribution in [3.05, 3.63) is 18.2 Å². The van der Waals surface area contributed by atoms with Gasteiger partial charge in [0.25, 0.3) is 0 Å². The molecule has 0 unspecified atom stereocenters. The number of hydrogen-bond acceptors (Lipinski definition) is 4. The van der Waals surface area contributed by atoms with E-state index < -0.39 is 0 Å². The Morgan fingerprint density at radius 2 is 2.18 bits per heavy atom. The topological polar surface area (TPSA) is 73.6 Å². The molecule has 5 nitrogen and oxygen atoms in total. The van der Waals surface area contributed by atoms with Gasteiger partial charge in [0.15, 0.2) is 0 Å². The van der Waals surface area contributed by atoms with Gasteiger partial charge in [0.05, 0.1) is 25.9 Å². The lowest BCUT2D eigenvalue weighted by Crippen LogP contribution is -2.22. The van der Waals surface area contributed by atoms with E-state index in [2.05, 4.69) is 5.32 Å². The monoisotopic (exact) mass is 260 g/mol. The Balaban J connectivity index is 0.00000256. The first-order valence-corrected chi connectivity index (χ1v) is 5.02. The zero-order chi connectivity index (χ0) is 12.0. The maximum Gasteiger partial charge on any atom is 0.238 e. The average Bonchev–Trinajstić information content (AvgIpc) is 2.31. The van der Waals surface area contributed by atoms with Crippen molar-refractivity contribution in [2.45, 2.75) is 6.92 Å². The van der Waals surface area contributed by atoms with E-state index >= 15 is 0 Å². The molecular weight excluding hydrogens is 244 g/mol. The van der Waals surface area contributed by atoms with Crippen LogP contribution >= 0.6 is 12.4 Å². The first-order chi connectivity index (χ1) is 7.71. The van der Waals surface area contributed by atoms with Crippen LogP contribution in [0, 0.1) is 0 Å². The molecule has 0 aromatic heterocycles. The summed E-state index contributed by atoms with van der Waals surface area (Å²) in [7, 11) is 1.56. The molecule has 0 saturated heterocycles. The maximum atomic E-state index is 11.2. The summed E-state index contributed by atoms with van der Waals surface area (Å²) in [4.78, 5) is 11.2. The number of hydrogen-bond donors (Lipinski definition) is 2. The van der Waals surface area contributed by atoms with Crippen LogP contribution < -0.4 is 20.5 Å². The number of carbonyl (C=O) groups excluding carboxylic acids is 1. The minimum atomic E-state index is -0.269. The predicted molar refractivity (Wildman–Crippen MR) is 69.1 cm³/mol. The summed E-state index contributed by atoms with van der Waals surface area (Å²) in [6.07, 6.45) is 0.